The maximum atomic E-state index is 2.27. The molecule has 0 N–H and O–H groups in total. The van der Waals surface area contributed by atoms with Crippen molar-refractivity contribution in [1.29, 1.82) is 0 Å². The zero-order chi connectivity index (χ0) is 12.6. The fraction of sp³-hybridized carbons (Fsp3) is 0.467. The molecular formula is C15H20S2. The Morgan fingerprint density at radius 1 is 0.882 bits per heavy atom. The van der Waals surface area contributed by atoms with Crippen molar-refractivity contribution in [3.05, 3.63) is 34.0 Å². The van der Waals surface area contributed by atoms with E-state index in [1.807, 2.05) is 22.7 Å². The lowest BCUT2D eigenvalue weighted by Gasteiger charge is -2.15. The highest BCUT2D eigenvalue weighted by Gasteiger charge is 2.17. The first-order valence-corrected chi connectivity index (χ1v) is 7.71. The first-order valence-electron chi connectivity index (χ1n) is 6.08. The molecule has 0 unspecified atom stereocenters. The summed E-state index contributed by atoms with van der Waals surface area (Å²) in [6, 6.07) is 9.06. The quantitative estimate of drug-likeness (QED) is 0.633. The predicted molar refractivity (Wildman–Crippen MR) is 80.4 cm³/mol. The highest BCUT2D eigenvalue weighted by molar-refractivity contribution is 7.22. The van der Waals surface area contributed by atoms with E-state index in [0.717, 1.165) is 0 Å². The van der Waals surface area contributed by atoms with Gasteiger partial charge in [0.15, 0.2) is 0 Å². The highest BCUT2D eigenvalue weighted by atomic mass is 32.1. The van der Waals surface area contributed by atoms with Gasteiger partial charge in [-0.15, -0.1) is 22.7 Å². The Morgan fingerprint density at radius 3 is 1.94 bits per heavy atom. The van der Waals surface area contributed by atoms with E-state index >= 15 is 0 Å². The van der Waals surface area contributed by atoms with Gasteiger partial charge < -0.3 is 0 Å². The Kier molecular flexibility index (Phi) is 3.46. The summed E-state index contributed by atoms with van der Waals surface area (Å²) in [7, 11) is 0. The summed E-state index contributed by atoms with van der Waals surface area (Å²) in [6.45, 7) is 11.3. The second-order valence-corrected chi connectivity index (χ2v) is 7.97. The monoisotopic (exact) mass is 264 g/mol. The SMILES string of the molecule is CC(C)c1ccc(-c2ccc(C(C)(C)C)s2)s1. The summed E-state index contributed by atoms with van der Waals surface area (Å²) in [4.78, 5) is 5.76. The summed E-state index contributed by atoms with van der Waals surface area (Å²) in [5, 5.41) is 0. The number of hydrogen-bond donors (Lipinski definition) is 0. The van der Waals surface area contributed by atoms with E-state index in [2.05, 4.69) is 58.9 Å². The molecule has 0 amide bonds. The molecule has 0 aromatic carbocycles. The van der Waals surface area contributed by atoms with Gasteiger partial charge in [0.2, 0.25) is 0 Å². The van der Waals surface area contributed by atoms with E-state index in [1.165, 1.54) is 19.5 Å². The van der Waals surface area contributed by atoms with Gasteiger partial charge in [0, 0.05) is 19.5 Å². The minimum absolute atomic E-state index is 0.265. The normalized spacial score (nSPS) is 12.4. The second kappa shape index (κ2) is 4.58. The van der Waals surface area contributed by atoms with Crippen LogP contribution in [0.25, 0.3) is 9.75 Å². The average Bonchev–Trinajstić information content (AvgIpc) is 2.85. The maximum Gasteiger partial charge on any atom is 0.0445 e. The molecule has 0 radical (unpaired) electrons. The van der Waals surface area contributed by atoms with Crippen LogP contribution in [0.5, 0.6) is 0 Å². The van der Waals surface area contributed by atoms with Crippen molar-refractivity contribution in [3.8, 4) is 9.75 Å². The van der Waals surface area contributed by atoms with Crippen LogP contribution in [0.1, 0.15) is 50.3 Å². The molecule has 0 nitrogen and oxygen atoms in total. The van der Waals surface area contributed by atoms with Crippen LogP contribution in [0.15, 0.2) is 24.3 Å². The van der Waals surface area contributed by atoms with Crippen molar-refractivity contribution in [2.75, 3.05) is 0 Å². The fourth-order valence-corrected chi connectivity index (χ4v) is 3.83. The molecule has 2 aromatic heterocycles. The first-order chi connectivity index (χ1) is 7.88. The van der Waals surface area contributed by atoms with Crippen LogP contribution in [-0.2, 0) is 5.41 Å². The minimum atomic E-state index is 0.265. The molecule has 0 saturated carbocycles. The van der Waals surface area contributed by atoms with Crippen LogP contribution in [0.3, 0.4) is 0 Å². The molecule has 0 aliphatic carbocycles. The van der Waals surface area contributed by atoms with Crippen LogP contribution >= 0.6 is 22.7 Å². The summed E-state index contributed by atoms with van der Waals surface area (Å²) in [5.41, 5.74) is 0.265. The number of hydrogen-bond acceptors (Lipinski definition) is 2. The van der Waals surface area contributed by atoms with Gasteiger partial charge in [0.1, 0.15) is 0 Å². The van der Waals surface area contributed by atoms with Crippen molar-refractivity contribution in [3.63, 3.8) is 0 Å². The topological polar surface area (TPSA) is 0 Å². The van der Waals surface area contributed by atoms with Crippen molar-refractivity contribution in [1.82, 2.24) is 0 Å². The average molecular weight is 264 g/mol. The van der Waals surface area contributed by atoms with Gasteiger partial charge >= 0.3 is 0 Å². The summed E-state index contributed by atoms with van der Waals surface area (Å²) in [6.07, 6.45) is 0. The van der Waals surface area contributed by atoms with Crippen LogP contribution in [0.2, 0.25) is 0 Å². The van der Waals surface area contributed by atoms with Crippen molar-refractivity contribution in [2.24, 2.45) is 0 Å². The molecule has 92 valence electrons. The fourth-order valence-electron chi connectivity index (χ4n) is 1.67. The molecule has 0 fully saturated rings. The summed E-state index contributed by atoms with van der Waals surface area (Å²) >= 11 is 3.86. The molecular weight excluding hydrogens is 244 g/mol. The predicted octanol–water partition coefficient (Wildman–Crippen LogP) is 5.90. The van der Waals surface area contributed by atoms with Crippen LogP contribution in [-0.4, -0.2) is 0 Å². The van der Waals surface area contributed by atoms with Crippen LogP contribution in [0, 0.1) is 0 Å². The highest BCUT2D eigenvalue weighted by Crippen LogP contribution is 2.39. The van der Waals surface area contributed by atoms with E-state index < -0.39 is 0 Å². The lowest BCUT2D eigenvalue weighted by molar-refractivity contribution is 0.604. The van der Waals surface area contributed by atoms with E-state index in [0.29, 0.717) is 5.92 Å². The van der Waals surface area contributed by atoms with E-state index in [9.17, 15) is 0 Å². The molecule has 0 bridgehead atoms. The lowest BCUT2D eigenvalue weighted by atomic mass is 9.95. The number of thiophene rings is 2. The van der Waals surface area contributed by atoms with Gasteiger partial charge in [-0.1, -0.05) is 34.6 Å². The smallest absolute Gasteiger partial charge is 0.0445 e. The van der Waals surface area contributed by atoms with Gasteiger partial charge in [0.05, 0.1) is 0 Å². The zero-order valence-corrected chi connectivity index (χ0v) is 12.8. The minimum Gasteiger partial charge on any atom is -0.139 e. The Balaban J connectivity index is 2.31. The molecule has 0 atom stereocenters. The zero-order valence-electron chi connectivity index (χ0n) is 11.2. The Hall–Kier alpha value is -0.600. The Morgan fingerprint density at radius 2 is 1.47 bits per heavy atom. The molecule has 0 aliphatic rings. The molecule has 0 aliphatic heterocycles. The summed E-state index contributed by atoms with van der Waals surface area (Å²) in [5.74, 6) is 0.635. The van der Waals surface area contributed by atoms with Crippen LogP contribution in [0.4, 0.5) is 0 Å². The molecule has 17 heavy (non-hydrogen) atoms. The third-order valence-electron chi connectivity index (χ3n) is 2.78. The van der Waals surface area contributed by atoms with E-state index in [1.54, 1.807) is 0 Å². The standard InChI is InChI=1S/C15H20S2/c1-10(2)11-6-7-12(16-11)13-8-9-14(17-13)15(3,4)5/h6-10H,1-5H3. The second-order valence-electron chi connectivity index (χ2n) is 5.77. The van der Waals surface area contributed by atoms with Crippen molar-refractivity contribution < 1.29 is 0 Å². The molecule has 0 spiro atoms. The molecule has 0 saturated heterocycles. The Labute approximate surface area is 112 Å². The lowest BCUT2D eigenvalue weighted by Crippen LogP contribution is -2.07. The van der Waals surface area contributed by atoms with Gasteiger partial charge in [-0.3, -0.25) is 0 Å². The molecule has 2 aromatic rings. The van der Waals surface area contributed by atoms with Gasteiger partial charge in [-0.2, -0.15) is 0 Å². The van der Waals surface area contributed by atoms with E-state index in [4.69, 9.17) is 0 Å². The molecule has 2 rings (SSSR count). The Bertz CT molecular complexity index is 495. The molecule has 2 heterocycles. The van der Waals surface area contributed by atoms with Crippen molar-refractivity contribution in [2.45, 2.75) is 46.0 Å². The van der Waals surface area contributed by atoms with Gasteiger partial charge in [0.25, 0.3) is 0 Å². The van der Waals surface area contributed by atoms with Gasteiger partial charge in [-0.05, 0) is 35.6 Å². The molecule has 2 heteroatoms. The van der Waals surface area contributed by atoms with E-state index in [-0.39, 0.29) is 5.41 Å². The first kappa shape index (κ1) is 12.8. The third kappa shape index (κ3) is 2.80. The van der Waals surface area contributed by atoms with Gasteiger partial charge in [-0.25, -0.2) is 0 Å². The summed E-state index contributed by atoms with van der Waals surface area (Å²) < 4.78 is 0. The third-order valence-corrected chi connectivity index (χ3v) is 5.88. The number of rotatable bonds is 2. The van der Waals surface area contributed by atoms with Crippen LogP contribution < -0.4 is 0 Å². The maximum absolute atomic E-state index is 2.27. The van der Waals surface area contributed by atoms with Crippen molar-refractivity contribution >= 4 is 22.7 Å². The largest absolute Gasteiger partial charge is 0.139 e.